The highest BCUT2D eigenvalue weighted by atomic mass is 35.5. The average Bonchev–Trinajstić information content (AvgIpc) is 2.81. The molecule has 1 N–H and O–H groups in total. The van der Waals surface area contributed by atoms with Crippen molar-refractivity contribution in [3.05, 3.63) is 57.3 Å². The van der Waals surface area contributed by atoms with E-state index >= 15 is 0 Å². The smallest absolute Gasteiger partial charge is 0.356 e. The van der Waals surface area contributed by atoms with Crippen molar-refractivity contribution < 1.29 is 9.51 Å². The van der Waals surface area contributed by atoms with E-state index in [1.807, 2.05) is 0 Å². The van der Waals surface area contributed by atoms with Gasteiger partial charge in [0.2, 0.25) is 0 Å². The van der Waals surface area contributed by atoms with Crippen LogP contribution in [0, 0.1) is 0 Å². The van der Waals surface area contributed by atoms with Crippen molar-refractivity contribution >= 4 is 27.9 Å². The second kappa shape index (κ2) is 4.12. The maximum absolute atomic E-state index is 12.0. The number of nitrogens with zero attached hydrogens (tertiary/aromatic N) is 2. The van der Waals surface area contributed by atoms with E-state index in [9.17, 15) is 9.90 Å². The third-order valence-electron chi connectivity index (χ3n) is 2.59. The molecule has 3 aromatic rings. The lowest BCUT2D eigenvalue weighted by atomic mass is 10.3. The summed E-state index contributed by atoms with van der Waals surface area (Å²) in [5.41, 5.74) is 0.432. The van der Waals surface area contributed by atoms with Crippen LogP contribution < -0.4 is 9.96 Å². The number of aromatic nitrogens is 2. The first kappa shape index (κ1) is 11.3. The maximum atomic E-state index is 12.0. The van der Waals surface area contributed by atoms with Gasteiger partial charge in [0.1, 0.15) is 18.0 Å². The van der Waals surface area contributed by atoms with Crippen LogP contribution in [0.2, 0.25) is 5.02 Å². The van der Waals surface area contributed by atoms with Crippen LogP contribution >= 0.6 is 22.9 Å². The molecule has 0 atom stereocenters. The van der Waals surface area contributed by atoms with E-state index in [4.69, 9.17) is 11.6 Å². The Morgan fingerprint density at radius 3 is 2.72 bits per heavy atom. The monoisotopic (exact) mass is 279 g/mol. The fourth-order valence-corrected chi connectivity index (χ4v) is 2.77. The van der Waals surface area contributed by atoms with E-state index in [1.54, 1.807) is 40.2 Å². The van der Waals surface area contributed by atoms with Crippen LogP contribution in [0.5, 0.6) is 5.88 Å². The Morgan fingerprint density at radius 1 is 1.28 bits per heavy atom. The molecule has 2 heterocycles. The predicted octanol–water partition coefficient (Wildman–Crippen LogP) is 2.00. The molecule has 0 saturated carbocycles. The van der Waals surface area contributed by atoms with Gasteiger partial charge >= 0.3 is 10.5 Å². The largest absolute Gasteiger partial charge is 0.477 e. The van der Waals surface area contributed by atoms with E-state index in [2.05, 4.69) is 0 Å². The second-order valence-electron chi connectivity index (χ2n) is 3.71. The van der Waals surface area contributed by atoms with Gasteiger partial charge in [-0.3, -0.25) is 0 Å². The second-order valence-corrected chi connectivity index (χ2v) is 5.02. The van der Waals surface area contributed by atoms with Gasteiger partial charge in [-0.2, -0.15) is 4.40 Å². The lowest BCUT2D eigenvalue weighted by Crippen LogP contribution is -2.30. The molecular weight excluding hydrogens is 272 g/mol. The van der Waals surface area contributed by atoms with Gasteiger partial charge in [0.25, 0.3) is 5.88 Å². The fraction of sp³-hybridized carbons (Fsp3) is 0. The quantitative estimate of drug-likeness (QED) is 0.693. The van der Waals surface area contributed by atoms with Crippen LogP contribution in [0.4, 0.5) is 0 Å². The normalized spacial score (nSPS) is 10.9. The SMILES string of the molecule is O=c1cc(O)[n+]2ccsc2n1-c1ccc(Cl)cc1. The van der Waals surface area contributed by atoms with Gasteiger partial charge in [-0.25, -0.2) is 4.79 Å². The minimum Gasteiger partial charge on any atom is -0.477 e. The minimum atomic E-state index is -0.280. The van der Waals surface area contributed by atoms with Crippen molar-refractivity contribution in [2.75, 3.05) is 0 Å². The Bertz CT molecular complexity index is 777. The molecule has 4 nitrogen and oxygen atoms in total. The topological polar surface area (TPSA) is 46.3 Å². The van der Waals surface area contributed by atoms with Gasteiger partial charge in [0.15, 0.2) is 0 Å². The first-order chi connectivity index (χ1) is 8.66. The number of aromatic hydroxyl groups is 1. The summed E-state index contributed by atoms with van der Waals surface area (Å²) >= 11 is 7.21. The summed E-state index contributed by atoms with van der Waals surface area (Å²) in [5.74, 6) is -0.0681. The molecule has 0 bridgehead atoms. The molecule has 3 rings (SSSR count). The van der Waals surface area contributed by atoms with E-state index in [1.165, 1.54) is 22.0 Å². The number of rotatable bonds is 1. The summed E-state index contributed by atoms with van der Waals surface area (Å²) < 4.78 is 3.08. The summed E-state index contributed by atoms with van der Waals surface area (Å²) in [6.07, 6.45) is 1.71. The van der Waals surface area contributed by atoms with Crippen LogP contribution in [-0.4, -0.2) is 9.67 Å². The zero-order chi connectivity index (χ0) is 12.7. The third-order valence-corrected chi connectivity index (χ3v) is 3.69. The maximum Gasteiger partial charge on any atom is 0.356 e. The predicted molar refractivity (Wildman–Crippen MR) is 69.8 cm³/mol. The molecule has 0 radical (unpaired) electrons. The van der Waals surface area contributed by atoms with E-state index in [-0.39, 0.29) is 11.4 Å². The summed E-state index contributed by atoms with van der Waals surface area (Å²) in [6.45, 7) is 0. The number of fused-ring (bicyclic) bond motifs is 1. The van der Waals surface area contributed by atoms with E-state index in [0.29, 0.717) is 15.7 Å². The zero-order valence-electron chi connectivity index (χ0n) is 9.08. The highest BCUT2D eigenvalue weighted by Crippen LogP contribution is 2.16. The molecule has 0 saturated heterocycles. The number of halogens is 1. The summed E-state index contributed by atoms with van der Waals surface area (Å²) in [6, 6.07) is 8.16. The van der Waals surface area contributed by atoms with Crippen LogP contribution in [0.3, 0.4) is 0 Å². The van der Waals surface area contributed by atoms with Gasteiger partial charge in [-0.1, -0.05) is 22.9 Å². The van der Waals surface area contributed by atoms with Crippen molar-refractivity contribution in [2.24, 2.45) is 0 Å². The molecule has 0 spiro atoms. The Hall–Kier alpha value is -1.85. The molecular formula is C12H8ClN2O2S+. The highest BCUT2D eigenvalue weighted by Gasteiger charge is 2.18. The average molecular weight is 280 g/mol. The van der Waals surface area contributed by atoms with Gasteiger partial charge < -0.3 is 5.11 Å². The van der Waals surface area contributed by atoms with E-state index in [0.717, 1.165) is 0 Å². The van der Waals surface area contributed by atoms with Crippen molar-refractivity contribution in [1.82, 2.24) is 4.57 Å². The van der Waals surface area contributed by atoms with Crippen molar-refractivity contribution in [3.8, 4) is 11.6 Å². The first-order valence-corrected chi connectivity index (χ1v) is 6.42. The van der Waals surface area contributed by atoms with Gasteiger partial charge in [0, 0.05) is 10.4 Å². The molecule has 2 aromatic heterocycles. The summed E-state index contributed by atoms with van der Waals surface area (Å²) in [5, 5.41) is 12.1. The zero-order valence-corrected chi connectivity index (χ0v) is 10.6. The Kier molecular flexibility index (Phi) is 2.57. The molecule has 0 aliphatic carbocycles. The number of thiazole rings is 1. The number of hydrogen-bond acceptors (Lipinski definition) is 3. The summed E-state index contributed by atoms with van der Waals surface area (Å²) in [7, 11) is 0. The Balaban J connectivity index is 2.38. The van der Waals surface area contributed by atoms with Crippen molar-refractivity contribution in [3.63, 3.8) is 0 Å². The molecule has 0 fully saturated rings. The molecule has 0 aliphatic rings. The molecule has 18 heavy (non-hydrogen) atoms. The first-order valence-electron chi connectivity index (χ1n) is 5.16. The molecule has 0 amide bonds. The Labute approximate surface area is 111 Å². The minimum absolute atomic E-state index is 0.0681. The summed E-state index contributed by atoms with van der Waals surface area (Å²) in [4.78, 5) is 12.6. The van der Waals surface area contributed by atoms with Crippen LogP contribution in [0.15, 0.2) is 46.7 Å². The fourth-order valence-electron chi connectivity index (χ4n) is 1.77. The molecule has 6 heteroatoms. The van der Waals surface area contributed by atoms with Crippen molar-refractivity contribution in [2.45, 2.75) is 0 Å². The molecule has 0 aliphatic heterocycles. The van der Waals surface area contributed by atoms with Gasteiger partial charge in [-0.05, 0) is 24.3 Å². The van der Waals surface area contributed by atoms with Crippen LogP contribution in [0.1, 0.15) is 0 Å². The third kappa shape index (κ3) is 1.68. The van der Waals surface area contributed by atoms with Crippen LogP contribution in [-0.2, 0) is 0 Å². The number of hydrogen-bond donors (Lipinski definition) is 1. The standard InChI is InChI=1S/C12H7ClN2O2S/c13-8-1-3-9(4-2-8)15-11(17)7-10(16)14-5-6-18-12(14)15/h1-7H/p+1. The Morgan fingerprint density at radius 2 is 2.00 bits per heavy atom. The molecule has 1 aromatic carbocycles. The van der Waals surface area contributed by atoms with Gasteiger partial charge in [0.05, 0.1) is 0 Å². The van der Waals surface area contributed by atoms with Gasteiger partial charge in [-0.15, -0.1) is 4.57 Å². The van der Waals surface area contributed by atoms with E-state index < -0.39 is 0 Å². The lowest BCUT2D eigenvalue weighted by Gasteiger charge is -2.00. The molecule has 0 unspecified atom stereocenters. The lowest BCUT2D eigenvalue weighted by molar-refractivity contribution is -0.521. The molecule has 90 valence electrons. The highest BCUT2D eigenvalue weighted by molar-refractivity contribution is 7.14. The van der Waals surface area contributed by atoms with Crippen LogP contribution in [0.25, 0.3) is 10.6 Å². The number of benzene rings is 1. The van der Waals surface area contributed by atoms with Crippen molar-refractivity contribution in [1.29, 1.82) is 0 Å².